The van der Waals surface area contributed by atoms with E-state index in [1.807, 2.05) is 0 Å². The lowest BCUT2D eigenvalue weighted by atomic mass is 9.97. The van der Waals surface area contributed by atoms with Crippen LogP contribution in [-0.2, 0) is 0 Å². The fraction of sp³-hybridized carbons (Fsp3) is 0.538. The Morgan fingerprint density at radius 3 is 2.74 bits per heavy atom. The van der Waals surface area contributed by atoms with Crippen LogP contribution in [0, 0.1) is 16.0 Å². The predicted octanol–water partition coefficient (Wildman–Crippen LogP) is 1.93. The zero-order valence-electron chi connectivity index (χ0n) is 11.1. The highest BCUT2D eigenvalue weighted by Crippen LogP contribution is 2.25. The van der Waals surface area contributed by atoms with Crippen LogP contribution < -0.4 is 11.1 Å². The fourth-order valence-electron chi connectivity index (χ4n) is 2.35. The maximum absolute atomic E-state index is 10.6. The third-order valence-corrected chi connectivity index (χ3v) is 3.67. The van der Waals surface area contributed by atoms with Crippen LogP contribution in [0.4, 0.5) is 17.1 Å². The van der Waals surface area contributed by atoms with Crippen molar-refractivity contribution in [3.8, 4) is 0 Å². The molecule has 6 heteroatoms. The summed E-state index contributed by atoms with van der Waals surface area (Å²) < 4.78 is 0. The largest absolute Gasteiger partial charge is 0.397 e. The number of nitrogens with one attached hydrogen (secondary N) is 1. The van der Waals surface area contributed by atoms with Crippen molar-refractivity contribution in [1.82, 2.24) is 4.90 Å². The molecule has 0 amide bonds. The minimum Gasteiger partial charge on any atom is -0.397 e. The van der Waals surface area contributed by atoms with Crippen LogP contribution in [0.1, 0.15) is 12.8 Å². The monoisotopic (exact) mass is 264 g/mol. The van der Waals surface area contributed by atoms with E-state index in [2.05, 4.69) is 17.3 Å². The summed E-state index contributed by atoms with van der Waals surface area (Å²) in [7, 11) is 2.14. The van der Waals surface area contributed by atoms with Gasteiger partial charge in [-0.05, 0) is 45.0 Å². The molecular formula is C13H20N4O2. The van der Waals surface area contributed by atoms with Gasteiger partial charge in [-0.1, -0.05) is 0 Å². The Labute approximate surface area is 112 Å². The molecule has 104 valence electrons. The van der Waals surface area contributed by atoms with Gasteiger partial charge in [0.15, 0.2) is 0 Å². The number of nitrogens with zero attached hydrogens (tertiary/aromatic N) is 2. The SMILES string of the molecule is CN1CCC(CNc2ccc([N+](=O)[O-])cc2N)CC1. The highest BCUT2D eigenvalue weighted by molar-refractivity contribution is 5.69. The number of piperidine rings is 1. The van der Waals surface area contributed by atoms with Crippen LogP contribution in [-0.4, -0.2) is 36.5 Å². The molecule has 0 aromatic heterocycles. The molecule has 0 unspecified atom stereocenters. The van der Waals surface area contributed by atoms with Crippen molar-refractivity contribution in [3.63, 3.8) is 0 Å². The number of nitro benzene ring substituents is 1. The highest BCUT2D eigenvalue weighted by Gasteiger charge is 2.17. The third-order valence-electron chi connectivity index (χ3n) is 3.67. The van der Waals surface area contributed by atoms with Gasteiger partial charge in [0.2, 0.25) is 0 Å². The molecule has 1 aromatic rings. The molecule has 1 aromatic carbocycles. The molecule has 0 saturated carbocycles. The number of benzene rings is 1. The van der Waals surface area contributed by atoms with Crippen molar-refractivity contribution in [2.45, 2.75) is 12.8 Å². The minimum absolute atomic E-state index is 0.0299. The number of nitro groups is 1. The quantitative estimate of drug-likeness (QED) is 0.493. The highest BCUT2D eigenvalue weighted by atomic mass is 16.6. The number of hydrogen-bond donors (Lipinski definition) is 2. The molecule has 1 heterocycles. The number of non-ortho nitro benzene ring substituents is 1. The fourth-order valence-corrected chi connectivity index (χ4v) is 2.35. The van der Waals surface area contributed by atoms with E-state index >= 15 is 0 Å². The molecule has 0 atom stereocenters. The van der Waals surface area contributed by atoms with E-state index in [1.54, 1.807) is 6.07 Å². The van der Waals surface area contributed by atoms with Crippen molar-refractivity contribution in [3.05, 3.63) is 28.3 Å². The molecule has 0 aliphatic carbocycles. The van der Waals surface area contributed by atoms with Crippen molar-refractivity contribution < 1.29 is 4.92 Å². The Bertz CT molecular complexity index is 456. The van der Waals surface area contributed by atoms with Crippen molar-refractivity contribution in [1.29, 1.82) is 0 Å². The van der Waals surface area contributed by atoms with Crippen LogP contribution in [0.3, 0.4) is 0 Å². The molecule has 1 aliphatic rings. The first kappa shape index (κ1) is 13.6. The molecule has 1 aliphatic heterocycles. The lowest BCUT2D eigenvalue weighted by Crippen LogP contribution is -2.33. The summed E-state index contributed by atoms with van der Waals surface area (Å²) in [6.45, 7) is 3.13. The van der Waals surface area contributed by atoms with Crippen molar-refractivity contribution >= 4 is 17.1 Å². The van der Waals surface area contributed by atoms with Crippen LogP contribution in [0.15, 0.2) is 18.2 Å². The maximum Gasteiger partial charge on any atom is 0.271 e. The Morgan fingerprint density at radius 1 is 1.47 bits per heavy atom. The van der Waals surface area contributed by atoms with Gasteiger partial charge in [0.1, 0.15) is 0 Å². The molecule has 2 rings (SSSR count). The van der Waals surface area contributed by atoms with Crippen molar-refractivity contribution in [2.24, 2.45) is 5.92 Å². The van der Waals surface area contributed by atoms with Gasteiger partial charge in [0.05, 0.1) is 16.3 Å². The number of nitrogens with two attached hydrogens (primary N) is 1. The molecule has 19 heavy (non-hydrogen) atoms. The van der Waals surface area contributed by atoms with E-state index in [0.717, 1.165) is 25.3 Å². The molecular weight excluding hydrogens is 244 g/mol. The number of hydrogen-bond acceptors (Lipinski definition) is 5. The number of rotatable bonds is 4. The van der Waals surface area contributed by atoms with Gasteiger partial charge in [0, 0.05) is 18.7 Å². The normalized spacial score (nSPS) is 17.3. The van der Waals surface area contributed by atoms with E-state index in [4.69, 9.17) is 5.73 Å². The van der Waals surface area contributed by atoms with E-state index in [1.165, 1.54) is 25.0 Å². The van der Waals surface area contributed by atoms with Gasteiger partial charge in [-0.3, -0.25) is 10.1 Å². The topological polar surface area (TPSA) is 84.4 Å². The lowest BCUT2D eigenvalue weighted by Gasteiger charge is -2.29. The van der Waals surface area contributed by atoms with Crippen LogP contribution >= 0.6 is 0 Å². The molecule has 1 saturated heterocycles. The lowest BCUT2D eigenvalue weighted by molar-refractivity contribution is -0.384. The first-order valence-corrected chi connectivity index (χ1v) is 6.52. The zero-order valence-corrected chi connectivity index (χ0v) is 11.1. The minimum atomic E-state index is -0.433. The van der Waals surface area contributed by atoms with E-state index in [0.29, 0.717) is 11.6 Å². The second-order valence-corrected chi connectivity index (χ2v) is 5.16. The van der Waals surface area contributed by atoms with Crippen LogP contribution in [0.25, 0.3) is 0 Å². The summed E-state index contributed by atoms with van der Waals surface area (Å²) in [5, 5.41) is 13.9. The van der Waals surface area contributed by atoms with Gasteiger partial charge in [-0.2, -0.15) is 0 Å². The standard InChI is InChI=1S/C13H20N4O2/c1-16-6-4-10(5-7-16)9-15-13-3-2-11(17(18)19)8-12(13)14/h2-3,8,10,15H,4-7,9,14H2,1H3. The molecule has 0 radical (unpaired) electrons. The average Bonchev–Trinajstić information content (AvgIpc) is 2.39. The molecule has 0 bridgehead atoms. The molecule has 1 fully saturated rings. The first-order valence-electron chi connectivity index (χ1n) is 6.52. The van der Waals surface area contributed by atoms with E-state index in [-0.39, 0.29) is 5.69 Å². The average molecular weight is 264 g/mol. The predicted molar refractivity (Wildman–Crippen MR) is 76.2 cm³/mol. The molecule has 6 nitrogen and oxygen atoms in total. The summed E-state index contributed by atoms with van der Waals surface area (Å²) in [6, 6.07) is 4.56. The Hall–Kier alpha value is -1.82. The smallest absolute Gasteiger partial charge is 0.271 e. The zero-order chi connectivity index (χ0) is 13.8. The first-order chi connectivity index (χ1) is 9.06. The maximum atomic E-state index is 10.6. The van der Waals surface area contributed by atoms with Gasteiger partial charge in [-0.15, -0.1) is 0 Å². The Morgan fingerprint density at radius 2 is 2.16 bits per heavy atom. The second-order valence-electron chi connectivity index (χ2n) is 5.16. The van der Waals surface area contributed by atoms with Gasteiger partial charge in [0.25, 0.3) is 5.69 Å². The van der Waals surface area contributed by atoms with Crippen LogP contribution in [0.5, 0.6) is 0 Å². The summed E-state index contributed by atoms with van der Waals surface area (Å²) in [6.07, 6.45) is 2.35. The molecule has 0 spiro atoms. The van der Waals surface area contributed by atoms with E-state index < -0.39 is 4.92 Å². The second kappa shape index (κ2) is 5.88. The van der Waals surface area contributed by atoms with Gasteiger partial charge < -0.3 is 16.0 Å². The number of nitrogen functional groups attached to an aromatic ring is 1. The number of likely N-dealkylation sites (tertiary alicyclic amines) is 1. The summed E-state index contributed by atoms with van der Waals surface area (Å²) in [4.78, 5) is 12.5. The molecule has 3 N–H and O–H groups in total. The summed E-state index contributed by atoms with van der Waals surface area (Å²) >= 11 is 0. The van der Waals surface area contributed by atoms with Gasteiger partial charge >= 0.3 is 0 Å². The van der Waals surface area contributed by atoms with Crippen molar-refractivity contribution in [2.75, 3.05) is 37.7 Å². The van der Waals surface area contributed by atoms with Crippen LogP contribution in [0.2, 0.25) is 0 Å². The Kier molecular flexibility index (Phi) is 4.21. The third kappa shape index (κ3) is 3.57. The van der Waals surface area contributed by atoms with Gasteiger partial charge in [-0.25, -0.2) is 0 Å². The Balaban J connectivity index is 1.91. The summed E-state index contributed by atoms with van der Waals surface area (Å²) in [5.74, 6) is 0.644. The summed E-state index contributed by atoms with van der Waals surface area (Å²) in [5.41, 5.74) is 7.07. The number of anilines is 2. The van der Waals surface area contributed by atoms with E-state index in [9.17, 15) is 10.1 Å².